The van der Waals surface area contributed by atoms with Crippen LogP contribution in [0.2, 0.25) is 0 Å². The lowest BCUT2D eigenvalue weighted by molar-refractivity contribution is -0.124. The van der Waals surface area contributed by atoms with Gasteiger partial charge in [-0.1, -0.05) is 19.9 Å². The molecule has 0 aliphatic carbocycles. The summed E-state index contributed by atoms with van der Waals surface area (Å²) in [6, 6.07) is 6.59. The van der Waals surface area contributed by atoms with Crippen molar-refractivity contribution in [3.63, 3.8) is 0 Å². The lowest BCUT2D eigenvalue weighted by Gasteiger charge is -2.08. The molecule has 0 saturated carbocycles. The number of methoxy groups -OCH3 is 1. The van der Waals surface area contributed by atoms with Gasteiger partial charge >= 0.3 is 5.97 Å². The standard InChI is InChI=1S/C14H19NO4/c1-10(2)8-15-13(16)9-19-14(17)11-5-4-6-12(7-11)18-3/h4-7,10H,8-9H2,1-3H3,(H,15,16). The van der Waals surface area contributed by atoms with Gasteiger partial charge in [-0.3, -0.25) is 4.79 Å². The van der Waals surface area contributed by atoms with E-state index < -0.39 is 5.97 Å². The summed E-state index contributed by atoms with van der Waals surface area (Å²) in [6.45, 7) is 4.27. The van der Waals surface area contributed by atoms with Crippen molar-refractivity contribution in [3.8, 4) is 5.75 Å². The molecule has 0 heterocycles. The zero-order valence-corrected chi connectivity index (χ0v) is 11.4. The Balaban J connectivity index is 2.44. The van der Waals surface area contributed by atoms with Gasteiger partial charge in [-0.15, -0.1) is 0 Å². The maximum absolute atomic E-state index is 11.7. The van der Waals surface area contributed by atoms with E-state index in [1.54, 1.807) is 24.3 Å². The molecule has 0 unspecified atom stereocenters. The fraction of sp³-hybridized carbons (Fsp3) is 0.429. The number of benzene rings is 1. The van der Waals surface area contributed by atoms with Crippen LogP contribution >= 0.6 is 0 Å². The van der Waals surface area contributed by atoms with Crippen LogP contribution in [0.15, 0.2) is 24.3 Å². The van der Waals surface area contributed by atoms with E-state index >= 15 is 0 Å². The van der Waals surface area contributed by atoms with Crippen molar-refractivity contribution < 1.29 is 19.1 Å². The lowest BCUT2D eigenvalue weighted by atomic mass is 10.2. The van der Waals surface area contributed by atoms with Crippen LogP contribution in [0, 0.1) is 5.92 Å². The summed E-state index contributed by atoms with van der Waals surface area (Å²) in [4.78, 5) is 23.1. The molecule has 0 radical (unpaired) electrons. The summed E-state index contributed by atoms with van der Waals surface area (Å²) < 4.78 is 9.92. The van der Waals surface area contributed by atoms with Crippen molar-refractivity contribution in [2.45, 2.75) is 13.8 Å². The summed E-state index contributed by atoms with van der Waals surface area (Å²) in [7, 11) is 1.52. The number of rotatable bonds is 6. The third kappa shape index (κ3) is 5.42. The van der Waals surface area contributed by atoms with Crippen LogP contribution in [0.1, 0.15) is 24.2 Å². The summed E-state index contributed by atoms with van der Waals surface area (Å²) in [5.41, 5.74) is 0.357. The van der Waals surface area contributed by atoms with Gasteiger partial charge in [0.1, 0.15) is 5.75 Å². The number of hydrogen-bond acceptors (Lipinski definition) is 4. The Bertz CT molecular complexity index is 443. The molecule has 0 aliphatic heterocycles. The van der Waals surface area contributed by atoms with E-state index in [0.29, 0.717) is 23.8 Å². The van der Waals surface area contributed by atoms with Crippen molar-refractivity contribution in [1.29, 1.82) is 0 Å². The van der Waals surface area contributed by atoms with Crippen molar-refractivity contribution in [2.75, 3.05) is 20.3 Å². The average Bonchev–Trinajstić information content (AvgIpc) is 2.42. The van der Waals surface area contributed by atoms with Crippen molar-refractivity contribution in [2.24, 2.45) is 5.92 Å². The molecule has 19 heavy (non-hydrogen) atoms. The van der Waals surface area contributed by atoms with E-state index in [1.165, 1.54) is 7.11 Å². The second-order valence-electron chi connectivity index (χ2n) is 4.51. The van der Waals surface area contributed by atoms with Gasteiger partial charge in [0.2, 0.25) is 0 Å². The van der Waals surface area contributed by atoms with Gasteiger partial charge in [0.25, 0.3) is 5.91 Å². The van der Waals surface area contributed by atoms with Crippen LogP contribution in [-0.2, 0) is 9.53 Å². The molecule has 0 fully saturated rings. The number of nitrogens with one attached hydrogen (secondary N) is 1. The second kappa shape index (κ2) is 7.41. The minimum Gasteiger partial charge on any atom is -0.497 e. The first-order valence-corrected chi connectivity index (χ1v) is 6.10. The number of carbonyl (C=O) groups excluding carboxylic acids is 2. The molecule has 1 rings (SSSR count). The Morgan fingerprint density at radius 3 is 2.68 bits per heavy atom. The van der Waals surface area contributed by atoms with Gasteiger partial charge in [0.05, 0.1) is 12.7 Å². The molecule has 0 bridgehead atoms. The lowest BCUT2D eigenvalue weighted by Crippen LogP contribution is -2.31. The minimum absolute atomic E-state index is 0.275. The molecule has 1 aromatic carbocycles. The van der Waals surface area contributed by atoms with Gasteiger partial charge in [-0.25, -0.2) is 4.79 Å². The van der Waals surface area contributed by atoms with Crippen LogP contribution < -0.4 is 10.1 Å². The predicted octanol–water partition coefficient (Wildman–Crippen LogP) is 1.62. The van der Waals surface area contributed by atoms with E-state index in [2.05, 4.69) is 5.32 Å². The molecular weight excluding hydrogens is 246 g/mol. The summed E-state index contributed by atoms with van der Waals surface area (Å²) in [5, 5.41) is 2.67. The molecule has 0 aliphatic rings. The fourth-order valence-corrected chi connectivity index (χ4v) is 1.33. The Kier molecular flexibility index (Phi) is 5.85. The Hall–Kier alpha value is -2.04. The molecule has 1 aromatic rings. The molecule has 104 valence electrons. The second-order valence-corrected chi connectivity index (χ2v) is 4.51. The first kappa shape index (κ1) is 15.0. The van der Waals surface area contributed by atoms with Gasteiger partial charge in [-0.2, -0.15) is 0 Å². The fourth-order valence-electron chi connectivity index (χ4n) is 1.33. The Labute approximate surface area is 112 Å². The molecule has 5 heteroatoms. The zero-order chi connectivity index (χ0) is 14.3. The highest BCUT2D eigenvalue weighted by atomic mass is 16.5. The normalized spacial score (nSPS) is 10.1. The van der Waals surface area contributed by atoms with Crippen molar-refractivity contribution in [3.05, 3.63) is 29.8 Å². The van der Waals surface area contributed by atoms with E-state index in [9.17, 15) is 9.59 Å². The van der Waals surface area contributed by atoms with Gasteiger partial charge in [0.15, 0.2) is 6.61 Å². The van der Waals surface area contributed by atoms with Crippen molar-refractivity contribution in [1.82, 2.24) is 5.32 Å². The highest BCUT2D eigenvalue weighted by molar-refractivity contribution is 5.91. The summed E-state index contributed by atoms with van der Waals surface area (Å²) in [5.74, 6) is 0.0836. The first-order valence-electron chi connectivity index (χ1n) is 6.10. The first-order chi connectivity index (χ1) is 9.02. The number of esters is 1. The highest BCUT2D eigenvalue weighted by Crippen LogP contribution is 2.13. The van der Waals surface area contributed by atoms with E-state index in [4.69, 9.17) is 9.47 Å². The molecular formula is C14H19NO4. The highest BCUT2D eigenvalue weighted by Gasteiger charge is 2.10. The van der Waals surface area contributed by atoms with Crippen LogP contribution in [0.25, 0.3) is 0 Å². The average molecular weight is 265 g/mol. The Morgan fingerprint density at radius 1 is 1.32 bits per heavy atom. The monoisotopic (exact) mass is 265 g/mol. The molecule has 0 atom stereocenters. The number of carbonyl (C=O) groups is 2. The quantitative estimate of drug-likeness (QED) is 0.794. The minimum atomic E-state index is -0.543. The summed E-state index contributed by atoms with van der Waals surface area (Å²) in [6.07, 6.45) is 0. The Morgan fingerprint density at radius 2 is 2.05 bits per heavy atom. The van der Waals surface area contributed by atoms with E-state index in [0.717, 1.165) is 0 Å². The molecule has 0 saturated heterocycles. The topological polar surface area (TPSA) is 64.6 Å². The zero-order valence-electron chi connectivity index (χ0n) is 11.4. The maximum Gasteiger partial charge on any atom is 0.338 e. The largest absolute Gasteiger partial charge is 0.497 e. The summed E-state index contributed by atoms with van der Waals surface area (Å²) >= 11 is 0. The smallest absolute Gasteiger partial charge is 0.338 e. The van der Waals surface area contributed by atoms with Gasteiger partial charge < -0.3 is 14.8 Å². The molecule has 0 aromatic heterocycles. The predicted molar refractivity (Wildman–Crippen MR) is 71.1 cm³/mol. The number of hydrogen-bond donors (Lipinski definition) is 1. The van der Waals surface area contributed by atoms with Crippen molar-refractivity contribution >= 4 is 11.9 Å². The number of ether oxygens (including phenoxy) is 2. The van der Waals surface area contributed by atoms with Crippen LogP contribution in [0.4, 0.5) is 0 Å². The SMILES string of the molecule is COc1cccc(C(=O)OCC(=O)NCC(C)C)c1. The molecule has 5 nitrogen and oxygen atoms in total. The van der Waals surface area contributed by atoms with Gasteiger partial charge in [-0.05, 0) is 24.1 Å². The third-order valence-electron chi connectivity index (χ3n) is 2.35. The maximum atomic E-state index is 11.7. The number of amides is 1. The molecule has 1 amide bonds. The molecule has 1 N–H and O–H groups in total. The van der Waals surface area contributed by atoms with E-state index in [-0.39, 0.29) is 12.5 Å². The van der Waals surface area contributed by atoms with Crippen LogP contribution in [-0.4, -0.2) is 32.1 Å². The molecule has 0 spiro atoms. The third-order valence-corrected chi connectivity index (χ3v) is 2.35. The van der Waals surface area contributed by atoms with Crippen LogP contribution in [0.3, 0.4) is 0 Å². The van der Waals surface area contributed by atoms with E-state index in [1.807, 2.05) is 13.8 Å². The van der Waals surface area contributed by atoms with Gasteiger partial charge in [0, 0.05) is 6.54 Å². The van der Waals surface area contributed by atoms with Crippen LogP contribution in [0.5, 0.6) is 5.75 Å².